The first kappa shape index (κ1) is 18.1. The van der Waals surface area contributed by atoms with Gasteiger partial charge in [-0.2, -0.15) is 0 Å². The van der Waals surface area contributed by atoms with E-state index in [0.29, 0.717) is 16.4 Å². The minimum absolute atomic E-state index is 0.0461. The van der Waals surface area contributed by atoms with Gasteiger partial charge in [0.2, 0.25) is 0 Å². The van der Waals surface area contributed by atoms with E-state index in [1.807, 2.05) is 5.38 Å². The molecular weight excluding hydrogens is 422 g/mol. The third-order valence-corrected chi connectivity index (χ3v) is 5.03. The molecule has 0 aliphatic heterocycles. The van der Waals surface area contributed by atoms with Crippen LogP contribution in [0.15, 0.2) is 62.8 Å². The number of nitro groups is 1. The normalized spacial score (nSPS) is 11.0. The highest BCUT2D eigenvalue weighted by Crippen LogP contribution is 2.27. The molecule has 8 heteroatoms. The van der Waals surface area contributed by atoms with E-state index >= 15 is 0 Å². The first-order valence-electron chi connectivity index (χ1n) is 7.44. The van der Waals surface area contributed by atoms with E-state index in [-0.39, 0.29) is 23.8 Å². The molecule has 0 amide bonds. The zero-order valence-corrected chi connectivity index (χ0v) is 15.7. The number of halogens is 1. The Bertz CT molecular complexity index is 975. The molecule has 3 aromatic rings. The molecule has 3 rings (SSSR count). The molecule has 6 nitrogen and oxygen atoms in total. The minimum atomic E-state index is -0.500. The van der Waals surface area contributed by atoms with Crippen LogP contribution in [-0.2, 0) is 6.61 Å². The van der Waals surface area contributed by atoms with Gasteiger partial charge in [0.1, 0.15) is 18.1 Å². The van der Waals surface area contributed by atoms with Crippen LogP contribution in [0.4, 0.5) is 5.69 Å². The quantitative estimate of drug-likeness (QED) is 0.213. The van der Waals surface area contributed by atoms with E-state index in [4.69, 9.17) is 9.15 Å². The Morgan fingerprint density at radius 1 is 1.31 bits per heavy atom. The fraction of sp³-hybridized carbons (Fsp3) is 0.0556. The van der Waals surface area contributed by atoms with Gasteiger partial charge >= 0.3 is 5.69 Å². The lowest BCUT2D eigenvalue weighted by Gasteiger charge is -2.04. The van der Waals surface area contributed by atoms with Crippen LogP contribution < -0.4 is 4.74 Å². The van der Waals surface area contributed by atoms with Crippen LogP contribution in [0, 0.1) is 10.1 Å². The molecule has 26 heavy (non-hydrogen) atoms. The van der Waals surface area contributed by atoms with Gasteiger partial charge in [0.25, 0.3) is 0 Å². The third kappa shape index (κ3) is 4.47. The van der Waals surface area contributed by atoms with Gasteiger partial charge in [0, 0.05) is 15.9 Å². The number of benzene rings is 1. The van der Waals surface area contributed by atoms with Gasteiger partial charge in [0.15, 0.2) is 11.5 Å². The maximum atomic E-state index is 12.0. The fourth-order valence-electron chi connectivity index (χ4n) is 2.12. The van der Waals surface area contributed by atoms with E-state index in [9.17, 15) is 14.9 Å². The molecular formula is C18H12BrNO5S. The number of ether oxygens (including phenoxy) is 1. The van der Waals surface area contributed by atoms with E-state index in [0.717, 1.165) is 4.47 Å². The van der Waals surface area contributed by atoms with Crippen LogP contribution in [-0.4, -0.2) is 10.7 Å². The molecule has 0 saturated heterocycles. The van der Waals surface area contributed by atoms with Gasteiger partial charge in [0.05, 0.1) is 9.80 Å². The van der Waals surface area contributed by atoms with E-state index < -0.39 is 4.92 Å². The van der Waals surface area contributed by atoms with Crippen molar-refractivity contribution in [2.75, 3.05) is 0 Å². The van der Waals surface area contributed by atoms with Gasteiger partial charge in [-0.1, -0.05) is 12.1 Å². The number of nitro benzene ring substituents is 1. The number of furan rings is 1. The SMILES string of the molecule is O=C(/C=C/c1ccc(COc2ccccc2[N+](=O)[O-])o1)c1cc(Br)cs1. The Morgan fingerprint density at radius 2 is 2.12 bits per heavy atom. The molecule has 1 aromatic carbocycles. The Labute approximate surface area is 161 Å². The van der Waals surface area contributed by atoms with Crippen molar-refractivity contribution in [1.29, 1.82) is 0 Å². The number of hydrogen-bond donors (Lipinski definition) is 0. The fourth-order valence-corrected chi connectivity index (χ4v) is 3.47. The second kappa shape index (κ2) is 8.11. The van der Waals surface area contributed by atoms with Gasteiger partial charge in [-0.25, -0.2) is 0 Å². The summed E-state index contributed by atoms with van der Waals surface area (Å²) in [6.45, 7) is 0.0461. The lowest BCUT2D eigenvalue weighted by atomic mass is 10.3. The summed E-state index contributed by atoms with van der Waals surface area (Å²) >= 11 is 4.66. The average molecular weight is 434 g/mol. The number of thiophene rings is 1. The predicted octanol–water partition coefficient (Wildman–Crippen LogP) is 5.49. The molecule has 0 atom stereocenters. The number of carbonyl (C=O) groups excluding carboxylic acids is 1. The van der Waals surface area contributed by atoms with Crippen molar-refractivity contribution < 1.29 is 18.9 Å². The zero-order valence-electron chi connectivity index (χ0n) is 13.3. The Hall–Kier alpha value is -2.71. The van der Waals surface area contributed by atoms with Crippen molar-refractivity contribution in [2.45, 2.75) is 6.61 Å². The van der Waals surface area contributed by atoms with Gasteiger partial charge in [-0.3, -0.25) is 14.9 Å². The average Bonchev–Trinajstić information content (AvgIpc) is 3.27. The standard InChI is InChI=1S/C18H12BrNO5S/c19-12-9-18(26-11-12)16(21)8-7-13-5-6-14(25-13)10-24-17-4-2-1-3-15(17)20(22)23/h1-9,11H,10H2/b8-7+. The maximum Gasteiger partial charge on any atom is 0.310 e. The Kier molecular flexibility index (Phi) is 5.65. The van der Waals surface area contributed by atoms with Crippen molar-refractivity contribution in [3.8, 4) is 5.75 Å². The van der Waals surface area contributed by atoms with Gasteiger partial charge in [-0.05, 0) is 52.3 Å². The zero-order chi connectivity index (χ0) is 18.5. The van der Waals surface area contributed by atoms with Crippen LogP contribution >= 0.6 is 27.3 Å². The van der Waals surface area contributed by atoms with Crippen molar-refractivity contribution >= 4 is 44.8 Å². The highest BCUT2D eigenvalue weighted by molar-refractivity contribution is 9.10. The molecule has 0 bridgehead atoms. The van der Waals surface area contributed by atoms with Crippen LogP contribution in [0.25, 0.3) is 6.08 Å². The second-order valence-corrected chi connectivity index (χ2v) is 6.97. The molecule has 2 aromatic heterocycles. The van der Waals surface area contributed by atoms with E-state index in [1.165, 1.54) is 29.5 Å². The number of carbonyl (C=O) groups is 1. The van der Waals surface area contributed by atoms with Gasteiger partial charge < -0.3 is 9.15 Å². The topological polar surface area (TPSA) is 82.6 Å². The van der Waals surface area contributed by atoms with E-state index in [2.05, 4.69) is 15.9 Å². The number of nitrogens with zero attached hydrogens (tertiary/aromatic N) is 1. The summed E-state index contributed by atoms with van der Waals surface area (Å²) in [5.41, 5.74) is -0.105. The monoisotopic (exact) mass is 433 g/mol. The summed E-state index contributed by atoms with van der Waals surface area (Å²) < 4.78 is 11.9. The summed E-state index contributed by atoms with van der Waals surface area (Å²) in [6.07, 6.45) is 3.01. The molecule has 0 saturated carbocycles. The highest BCUT2D eigenvalue weighted by Gasteiger charge is 2.14. The lowest BCUT2D eigenvalue weighted by Crippen LogP contribution is -1.97. The van der Waals surface area contributed by atoms with E-state index in [1.54, 1.807) is 36.4 Å². The predicted molar refractivity (Wildman–Crippen MR) is 102 cm³/mol. The third-order valence-electron chi connectivity index (χ3n) is 3.32. The van der Waals surface area contributed by atoms with Crippen LogP contribution in [0.3, 0.4) is 0 Å². The molecule has 0 unspecified atom stereocenters. The summed E-state index contributed by atoms with van der Waals surface area (Å²) in [6, 6.07) is 11.3. The van der Waals surface area contributed by atoms with Crippen molar-refractivity contribution in [1.82, 2.24) is 0 Å². The Balaban J connectivity index is 1.62. The smallest absolute Gasteiger partial charge is 0.310 e. The van der Waals surface area contributed by atoms with Crippen molar-refractivity contribution in [2.24, 2.45) is 0 Å². The largest absolute Gasteiger partial charge is 0.479 e. The van der Waals surface area contributed by atoms with Crippen molar-refractivity contribution in [3.63, 3.8) is 0 Å². The number of para-hydroxylation sites is 2. The molecule has 0 fully saturated rings. The first-order valence-corrected chi connectivity index (χ1v) is 9.11. The number of ketones is 1. The molecule has 0 N–H and O–H groups in total. The first-order chi connectivity index (χ1) is 12.5. The molecule has 132 valence electrons. The summed E-state index contributed by atoms with van der Waals surface area (Å²) in [5, 5.41) is 12.8. The van der Waals surface area contributed by atoms with Crippen LogP contribution in [0.5, 0.6) is 5.75 Å². The molecule has 2 heterocycles. The van der Waals surface area contributed by atoms with Crippen LogP contribution in [0.1, 0.15) is 21.2 Å². The number of rotatable bonds is 7. The molecule has 0 spiro atoms. The van der Waals surface area contributed by atoms with Gasteiger partial charge in [-0.15, -0.1) is 11.3 Å². The maximum absolute atomic E-state index is 12.0. The Morgan fingerprint density at radius 3 is 2.85 bits per heavy atom. The lowest BCUT2D eigenvalue weighted by molar-refractivity contribution is -0.386. The summed E-state index contributed by atoms with van der Waals surface area (Å²) in [7, 11) is 0. The summed E-state index contributed by atoms with van der Waals surface area (Å²) in [4.78, 5) is 23.1. The minimum Gasteiger partial charge on any atom is -0.479 e. The van der Waals surface area contributed by atoms with Crippen molar-refractivity contribution in [3.05, 3.63) is 84.9 Å². The van der Waals surface area contributed by atoms with Crippen LogP contribution in [0.2, 0.25) is 0 Å². The number of allylic oxidation sites excluding steroid dienone is 1. The summed E-state index contributed by atoms with van der Waals surface area (Å²) in [5.74, 6) is 1.04. The molecule has 0 radical (unpaired) electrons. The number of hydrogen-bond acceptors (Lipinski definition) is 6. The molecule has 0 aliphatic rings. The second-order valence-electron chi connectivity index (χ2n) is 5.14. The highest BCUT2D eigenvalue weighted by atomic mass is 79.9. The molecule has 0 aliphatic carbocycles.